The van der Waals surface area contributed by atoms with E-state index in [1.807, 2.05) is 6.92 Å². The van der Waals surface area contributed by atoms with Gasteiger partial charge in [0.25, 0.3) is 11.8 Å². The highest BCUT2D eigenvalue weighted by Crippen LogP contribution is 2.42. The summed E-state index contributed by atoms with van der Waals surface area (Å²) in [5.41, 5.74) is 1.44. The summed E-state index contributed by atoms with van der Waals surface area (Å²) in [5, 5.41) is 14.5. The molecular formula is C29H31FN4O6. The zero-order valence-electron chi connectivity index (χ0n) is 22.3. The van der Waals surface area contributed by atoms with Gasteiger partial charge in [-0.2, -0.15) is 9.78 Å². The number of amides is 3. The van der Waals surface area contributed by atoms with Gasteiger partial charge in [-0.05, 0) is 42.2 Å². The SMILES string of the molecule is COc1c(C2CN(C(=O)N3CCC(O)C3)C(=O)CC2C)nn(C(=O)c2ccccc2)c1OCc1ccc(F)cc1. The summed E-state index contributed by atoms with van der Waals surface area (Å²) in [6.07, 6.45) is -0.0530. The van der Waals surface area contributed by atoms with Crippen molar-refractivity contribution >= 4 is 17.8 Å². The molecule has 0 aliphatic carbocycles. The minimum Gasteiger partial charge on any atom is -0.490 e. The van der Waals surface area contributed by atoms with Crippen LogP contribution in [0.2, 0.25) is 0 Å². The van der Waals surface area contributed by atoms with E-state index >= 15 is 0 Å². The summed E-state index contributed by atoms with van der Waals surface area (Å²) in [6, 6.07) is 13.9. The van der Waals surface area contributed by atoms with Crippen molar-refractivity contribution in [2.24, 2.45) is 5.92 Å². The molecule has 3 unspecified atom stereocenters. The molecular weight excluding hydrogens is 519 g/mol. The van der Waals surface area contributed by atoms with Crippen LogP contribution in [0.3, 0.4) is 0 Å². The van der Waals surface area contributed by atoms with Gasteiger partial charge in [-0.25, -0.2) is 9.18 Å². The van der Waals surface area contributed by atoms with E-state index < -0.39 is 24.0 Å². The van der Waals surface area contributed by atoms with E-state index in [1.54, 1.807) is 42.5 Å². The second-order valence-corrected chi connectivity index (χ2v) is 10.2. The largest absolute Gasteiger partial charge is 0.490 e. The number of likely N-dealkylation sites (tertiary alicyclic amines) is 2. The number of nitrogens with zero attached hydrogens (tertiary/aromatic N) is 4. The first-order valence-electron chi connectivity index (χ1n) is 13.2. The number of hydrogen-bond acceptors (Lipinski definition) is 7. The Morgan fingerprint density at radius 3 is 2.48 bits per heavy atom. The average molecular weight is 551 g/mol. The van der Waals surface area contributed by atoms with Gasteiger partial charge in [0.2, 0.25) is 11.7 Å². The van der Waals surface area contributed by atoms with Crippen LogP contribution in [0.4, 0.5) is 9.18 Å². The highest BCUT2D eigenvalue weighted by molar-refractivity contribution is 5.97. The lowest BCUT2D eigenvalue weighted by molar-refractivity contribution is -0.132. The van der Waals surface area contributed by atoms with Crippen molar-refractivity contribution in [3.63, 3.8) is 0 Å². The van der Waals surface area contributed by atoms with Gasteiger partial charge in [0, 0.05) is 37.5 Å². The molecule has 40 heavy (non-hydrogen) atoms. The first-order valence-corrected chi connectivity index (χ1v) is 13.2. The summed E-state index contributed by atoms with van der Waals surface area (Å²) in [4.78, 5) is 42.4. The standard InChI is InChI=1S/C29H31FN4O6/c1-18-14-24(36)33(29(38)32-13-12-22(35)15-32)16-23(18)25-26(39-2)28(40-17-19-8-10-21(30)11-9-19)34(31-25)27(37)20-6-4-3-5-7-20/h3-11,18,22-23,35H,12-17H2,1-2H3. The van der Waals surface area contributed by atoms with Crippen molar-refractivity contribution < 1.29 is 33.4 Å². The number of urea groups is 1. The number of aliphatic hydroxyl groups excluding tert-OH is 1. The van der Waals surface area contributed by atoms with E-state index in [0.29, 0.717) is 29.8 Å². The molecule has 0 spiro atoms. The number of benzene rings is 2. The summed E-state index contributed by atoms with van der Waals surface area (Å²) < 4.78 is 26.4. The summed E-state index contributed by atoms with van der Waals surface area (Å²) in [5.74, 6) is -1.49. The van der Waals surface area contributed by atoms with Gasteiger partial charge in [-0.1, -0.05) is 37.3 Å². The minimum absolute atomic E-state index is 0.0183. The van der Waals surface area contributed by atoms with Gasteiger partial charge >= 0.3 is 6.03 Å². The quantitative estimate of drug-likeness (QED) is 0.500. The third-order valence-corrected chi connectivity index (χ3v) is 7.41. The Hall–Kier alpha value is -4.25. The Balaban J connectivity index is 1.50. The van der Waals surface area contributed by atoms with E-state index in [2.05, 4.69) is 5.10 Å². The van der Waals surface area contributed by atoms with Crippen LogP contribution in [0.1, 0.15) is 47.3 Å². The fraction of sp³-hybridized carbons (Fsp3) is 0.379. The van der Waals surface area contributed by atoms with Crippen LogP contribution in [0.5, 0.6) is 11.6 Å². The molecule has 3 aromatic rings. The number of halogens is 1. The normalized spacial score (nSPS) is 21.0. The molecule has 1 N–H and O–H groups in total. The Labute approximate surface area is 230 Å². The maximum absolute atomic E-state index is 13.6. The van der Waals surface area contributed by atoms with Crippen molar-refractivity contribution in [2.45, 2.75) is 38.4 Å². The number of aliphatic hydroxyl groups is 1. The van der Waals surface area contributed by atoms with Gasteiger partial charge in [-0.15, -0.1) is 0 Å². The predicted molar refractivity (Wildman–Crippen MR) is 142 cm³/mol. The number of hydrogen-bond donors (Lipinski definition) is 1. The number of rotatable bonds is 6. The fourth-order valence-corrected chi connectivity index (χ4v) is 5.17. The lowest BCUT2D eigenvalue weighted by atomic mass is 9.84. The average Bonchev–Trinajstić information content (AvgIpc) is 3.56. The van der Waals surface area contributed by atoms with E-state index in [-0.39, 0.29) is 55.4 Å². The predicted octanol–water partition coefficient (Wildman–Crippen LogP) is 3.44. The minimum atomic E-state index is -0.612. The lowest BCUT2D eigenvalue weighted by Crippen LogP contribution is -2.51. The molecule has 2 aromatic carbocycles. The van der Waals surface area contributed by atoms with Gasteiger partial charge in [0.05, 0.1) is 13.2 Å². The number of piperidine rings is 1. The topological polar surface area (TPSA) is 114 Å². The monoisotopic (exact) mass is 550 g/mol. The van der Waals surface area contributed by atoms with E-state index in [9.17, 15) is 23.9 Å². The molecule has 2 aliphatic rings. The number of carbonyl (C=O) groups excluding carboxylic acids is 3. The maximum Gasteiger partial charge on any atom is 0.326 e. The highest BCUT2D eigenvalue weighted by atomic mass is 19.1. The lowest BCUT2D eigenvalue weighted by Gasteiger charge is -2.36. The molecule has 2 aliphatic heterocycles. The molecule has 0 radical (unpaired) electrons. The molecule has 2 fully saturated rings. The molecule has 11 heteroatoms. The Bertz CT molecular complexity index is 1390. The number of β-amino-alcohol motifs (C(OH)–C–C–N with tert-alkyl or cyclic N) is 1. The van der Waals surface area contributed by atoms with Gasteiger partial charge in [0.1, 0.15) is 18.1 Å². The van der Waals surface area contributed by atoms with E-state index in [1.165, 1.54) is 29.0 Å². The van der Waals surface area contributed by atoms with E-state index in [0.717, 1.165) is 4.68 Å². The van der Waals surface area contributed by atoms with Gasteiger partial charge in [0.15, 0.2) is 0 Å². The van der Waals surface area contributed by atoms with Crippen LogP contribution in [0.25, 0.3) is 0 Å². The molecule has 10 nitrogen and oxygen atoms in total. The second-order valence-electron chi connectivity index (χ2n) is 10.2. The van der Waals surface area contributed by atoms with Crippen molar-refractivity contribution in [3.05, 3.63) is 77.2 Å². The molecule has 3 heterocycles. The second kappa shape index (κ2) is 11.5. The third-order valence-electron chi connectivity index (χ3n) is 7.41. The zero-order valence-corrected chi connectivity index (χ0v) is 22.3. The van der Waals surface area contributed by atoms with E-state index in [4.69, 9.17) is 9.47 Å². The van der Waals surface area contributed by atoms with Crippen LogP contribution in [0.15, 0.2) is 54.6 Å². The van der Waals surface area contributed by atoms with Crippen molar-refractivity contribution in [1.82, 2.24) is 19.6 Å². The molecule has 3 atom stereocenters. The van der Waals surface area contributed by atoms with Crippen molar-refractivity contribution in [3.8, 4) is 11.6 Å². The van der Waals surface area contributed by atoms with Gasteiger partial charge < -0.3 is 19.5 Å². The number of ether oxygens (including phenoxy) is 2. The fourth-order valence-electron chi connectivity index (χ4n) is 5.17. The number of carbonyl (C=O) groups is 3. The van der Waals surface area contributed by atoms with Crippen LogP contribution in [-0.4, -0.2) is 75.4 Å². The molecule has 5 rings (SSSR count). The van der Waals surface area contributed by atoms with Crippen molar-refractivity contribution in [2.75, 3.05) is 26.7 Å². The first kappa shape index (κ1) is 27.3. The zero-order chi connectivity index (χ0) is 28.4. The molecule has 0 saturated carbocycles. The van der Waals surface area contributed by atoms with Crippen LogP contribution in [-0.2, 0) is 11.4 Å². The molecule has 2 saturated heterocycles. The Morgan fingerprint density at radius 2 is 1.82 bits per heavy atom. The summed E-state index contributed by atoms with van der Waals surface area (Å²) in [7, 11) is 1.44. The molecule has 0 bridgehead atoms. The van der Waals surface area contributed by atoms with Crippen LogP contribution < -0.4 is 9.47 Å². The van der Waals surface area contributed by atoms with Crippen LogP contribution >= 0.6 is 0 Å². The first-order chi connectivity index (χ1) is 19.3. The third kappa shape index (κ3) is 5.42. The maximum atomic E-state index is 13.6. The van der Waals surface area contributed by atoms with Gasteiger partial charge in [-0.3, -0.25) is 14.5 Å². The Kier molecular flexibility index (Phi) is 7.83. The number of methoxy groups -OCH3 is 1. The summed E-state index contributed by atoms with van der Waals surface area (Å²) in [6.45, 7) is 2.49. The van der Waals surface area contributed by atoms with Crippen LogP contribution in [0, 0.1) is 11.7 Å². The molecule has 210 valence electrons. The number of imide groups is 1. The number of aromatic nitrogens is 2. The highest BCUT2D eigenvalue weighted by Gasteiger charge is 2.42. The molecule has 1 aromatic heterocycles. The smallest absolute Gasteiger partial charge is 0.326 e. The molecule has 3 amide bonds. The van der Waals surface area contributed by atoms with Crippen molar-refractivity contribution in [1.29, 1.82) is 0 Å². The summed E-state index contributed by atoms with van der Waals surface area (Å²) >= 11 is 0. The Morgan fingerprint density at radius 1 is 1.10 bits per heavy atom.